The molecular formula is C14H24O2. The maximum atomic E-state index is 10.6. The second-order valence-electron chi connectivity index (χ2n) is 5.50. The zero-order valence-electron chi connectivity index (χ0n) is 10.1. The molecule has 0 bridgehead atoms. The van der Waals surface area contributed by atoms with Crippen LogP contribution in [0.15, 0.2) is 12.2 Å². The molecule has 2 rings (SSSR count). The first-order valence-electron chi connectivity index (χ1n) is 6.79. The molecule has 92 valence electrons. The molecule has 0 heterocycles. The highest BCUT2D eigenvalue weighted by atomic mass is 16.3. The average molecular weight is 224 g/mol. The number of rotatable bonds is 1. The lowest BCUT2D eigenvalue weighted by Crippen LogP contribution is -2.38. The highest BCUT2D eigenvalue weighted by Crippen LogP contribution is 2.37. The largest absolute Gasteiger partial charge is 0.393 e. The fraction of sp³-hybridized carbons (Fsp3) is 0.857. The second-order valence-corrected chi connectivity index (χ2v) is 5.50. The Hall–Kier alpha value is -0.340. The molecule has 0 unspecified atom stereocenters. The van der Waals surface area contributed by atoms with Crippen LogP contribution in [-0.4, -0.2) is 21.9 Å². The Bertz CT molecular complexity index is 239. The molecule has 0 aromatic rings. The van der Waals surface area contributed by atoms with E-state index in [0.717, 1.165) is 57.8 Å². The summed E-state index contributed by atoms with van der Waals surface area (Å²) in [7, 11) is 0. The van der Waals surface area contributed by atoms with Gasteiger partial charge in [0.1, 0.15) is 0 Å². The van der Waals surface area contributed by atoms with Gasteiger partial charge in [0.2, 0.25) is 0 Å². The standard InChI is InChI=1S/C14H24O2/c15-13-8-4-6-12(7-5-9-13)14(16)10-2-1-3-11-14/h2,10,12-13,15-16H,1,3-9,11H2/t12?,13?,14-/m1/s1. The van der Waals surface area contributed by atoms with Gasteiger partial charge in [-0.15, -0.1) is 0 Å². The van der Waals surface area contributed by atoms with E-state index >= 15 is 0 Å². The highest BCUT2D eigenvalue weighted by molar-refractivity contribution is 5.08. The van der Waals surface area contributed by atoms with Gasteiger partial charge in [-0.3, -0.25) is 0 Å². The minimum Gasteiger partial charge on any atom is -0.393 e. The zero-order valence-corrected chi connectivity index (χ0v) is 10.1. The van der Waals surface area contributed by atoms with Gasteiger partial charge in [0.15, 0.2) is 0 Å². The Morgan fingerprint density at radius 2 is 1.69 bits per heavy atom. The van der Waals surface area contributed by atoms with Gasteiger partial charge in [0.25, 0.3) is 0 Å². The third kappa shape index (κ3) is 2.86. The molecule has 1 saturated carbocycles. The van der Waals surface area contributed by atoms with Gasteiger partial charge in [0, 0.05) is 0 Å². The van der Waals surface area contributed by atoms with Crippen LogP contribution in [0.4, 0.5) is 0 Å². The van der Waals surface area contributed by atoms with Crippen molar-refractivity contribution in [3.63, 3.8) is 0 Å². The van der Waals surface area contributed by atoms with Crippen molar-refractivity contribution in [2.45, 2.75) is 69.5 Å². The lowest BCUT2D eigenvalue weighted by atomic mass is 9.74. The van der Waals surface area contributed by atoms with E-state index in [1.807, 2.05) is 6.08 Å². The quantitative estimate of drug-likeness (QED) is 0.672. The molecule has 2 heteroatoms. The molecule has 0 saturated heterocycles. The van der Waals surface area contributed by atoms with Gasteiger partial charge in [-0.1, -0.05) is 25.0 Å². The third-order valence-corrected chi connectivity index (χ3v) is 4.24. The maximum absolute atomic E-state index is 10.6. The SMILES string of the molecule is OC1CCCC([C@@]2(O)C=CCCC2)CCC1. The van der Waals surface area contributed by atoms with Crippen LogP contribution in [0, 0.1) is 5.92 Å². The molecule has 2 aliphatic rings. The summed E-state index contributed by atoms with van der Waals surface area (Å²) < 4.78 is 0. The second kappa shape index (κ2) is 5.33. The van der Waals surface area contributed by atoms with Crippen LogP contribution in [0.5, 0.6) is 0 Å². The molecule has 0 aromatic carbocycles. The molecular weight excluding hydrogens is 200 g/mol. The number of aliphatic hydroxyl groups is 2. The molecule has 0 radical (unpaired) electrons. The summed E-state index contributed by atoms with van der Waals surface area (Å²) in [4.78, 5) is 0. The van der Waals surface area contributed by atoms with E-state index in [2.05, 4.69) is 6.08 Å². The summed E-state index contributed by atoms with van der Waals surface area (Å²) in [5.41, 5.74) is -0.541. The first kappa shape index (κ1) is 12.1. The van der Waals surface area contributed by atoms with Crippen molar-refractivity contribution in [3.05, 3.63) is 12.2 Å². The molecule has 2 N–H and O–H groups in total. The Kier molecular flexibility index (Phi) is 4.04. The number of hydrogen-bond donors (Lipinski definition) is 2. The summed E-state index contributed by atoms with van der Waals surface area (Å²) in [5, 5.41) is 20.2. The number of allylic oxidation sites excluding steroid dienone is 1. The normalized spacial score (nSPS) is 41.4. The molecule has 0 aliphatic heterocycles. The van der Waals surface area contributed by atoms with Crippen LogP contribution in [0.1, 0.15) is 57.8 Å². The van der Waals surface area contributed by atoms with Crippen LogP contribution >= 0.6 is 0 Å². The number of hydrogen-bond acceptors (Lipinski definition) is 2. The Morgan fingerprint density at radius 1 is 1.00 bits per heavy atom. The van der Waals surface area contributed by atoms with Crippen molar-refractivity contribution in [2.75, 3.05) is 0 Å². The predicted octanol–water partition coefficient (Wildman–Crippen LogP) is 2.79. The van der Waals surface area contributed by atoms with Crippen LogP contribution in [-0.2, 0) is 0 Å². The van der Waals surface area contributed by atoms with E-state index in [1.54, 1.807) is 0 Å². The van der Waals surface area contributed by atoms with Crippen LogP contribution in [0.25, 0.3) is 0 Å². The molecule has 1 atom stereocenters. The maximum Gasteiger partial charge on any atom is 0.0855 e. The lowest BCUT2D eigenvalue weighted by molar-refractivity contribution is -0.00270. The fourth-order valence-corrected chi connectivity index (χ4v) is 3.20. The molecule has 0 spiro atoms. The smallest absolute Gasteiger partial charge is 0.0855 e. The Balaban J connectivity index is 1.97. The third-order valence-electron chi connectivity index (χ3n) is 4.24. The van der Waals surface area contributed by atoms with Crippen LogP contribution in [0.2, 0.25) is 0 Å². The molecule has 2 aliphatic carbocycles. The molecule has 0 amide bonds. The molecule has 1 fully saturated rings. The van der Waals surface area contributed by atoms with E-state index in [-0.39, 0.29) is 6.10 Å². The first-order valence-corrected chi connectivity index (χ1v) is 6.79. The van der Waals surface area contributed by atoms with E-state index in [1.165, 1.54) is 0 Å². The van der Waals surface area contributed by atoms with E-state index in [0.29, 0.717) is 5.92 Å². The van der Waals surface area contributed by atoms with Crippen molar-refractivity contribution in [3.8, 4) is 0 Å². The van der Waals surface area contributed by atoms with Gasteiger partial charge < -0.3 is 10.2 Å². The summed E-state index contributed by atoms with van der Waals surface area (Å²) in [6, 6.07) is 0. The van der Waals surface area contributed by atoms with E-state index in [9.17, 15) is 10.2 Å². The highest BCUT2D eigenvalue weighted by Gasteiger charge is 2.35. The monoisotopic (exact) mass is 224 g/mol. The van der Waals surface area contributed by atoms with Gasteiger partial charge in [-0.25, -0.2) is 0 Å². The molecule has 0 aromatic heterocycles. The van der Waals surface area contributed by atoms with Crippen molar-refractivity contribution in [2.24, 2.45) is 5.92 Å². The predicted molar refractivity (Wildman–Crippen MR) is 65.1 cm³/mol. The fourth-order valence-electron chi connectivity index (χ4n) is 3.20. The zero-order chi connectivity index (χ0) is 11.4. The van der Waals surface area contributed by atoms with E-state index < -0.39 is 5.60 Å². The van der Waals surface area contributed by atoms with Crippen molar-refractivity contribution >= 4 is 0 Å². The van der Waals surface area contributed by atoms with Crippen molar-refractivity contribution < 1.29 is 10.2 Å². The van der Waals surface area contributed by atoms with Crippen molar-refractivity contribution in [1.82, 2.24) is 0 Å². The summed E-state index contributed by atoms with van der Waals surface area (Å²) in [6.07, 6.45) is 13.3. The van der Waals surface area contributed by atoms with Crippen LogP contribution in [0.3, 0.4) is 0 Å². The summed E-state index contributed by atoms with van der Waals surface area (Å²) >= 11 is 0. The van der Waals surface area contributed by atoms with Gasteiger partial charge in [-0.2, -0.15) is 0 Å². The van der Waals surface area contributed by atoms with Crippen molar-refractivity contribution in [1.29, 1.82) is 0 Å². The average Bonchev–Trinajstić information content (AvgIpc) is 2.24. The molecule has 2 nitrogen and oxygen atoms in total. The lowest BCUT2D eigenvalue weighted by Gasteiger charge is -2.37. The number of aliphatic hydroxyl groups excluding tert-OH is 1. The van der Waals surface area contributed by atoms with Gasteiger partial charge in [-0.05, 0) is 50.9 Å². The Morgan fingerprint density at radius 3 is 2.25 bits per heavy atom. The van der Waals surface area contributed by atoms with Gasteiger partial charge >= 0.3 is 0 Å². The van der Waals surface area contributed by atoms with E-state index in [4.69, 9.17) is 0 Å². The topological polar surface area (TPSA) is 40.5 Å². The summed E-state index contributed by atoms with van der Waals surface area (Å²) in [5.74, 6) is 0.413. The Labute approximate surface area is 98.4 Å². The minimum absolute atomic E-state index is 0.0995. The summed E-state index contributed by atoms with van der Waals surface area (Å²) in [6.45, 7) is 0. The van der Waals surface area contributed by atoms with Gasteiger partial charge in [0.05, 0.1) is 11.7 Å². The first-order chi connectivity index (χ1) is 7.71. The minimum atomic E-state index is -0.541. The van der Waals surface area contributed by atoms with Crippen LogP contribution < -0.4 is 0 Å². The molecule has 16 heavy (non-hydrogen) atoms.